The summed E-state index contributed by atoms with van der Waals surface area (Å²) in [6.45, 7) is 13.0. The molecule has 4 aliphatic carbocycles. The van der Waals surface area contributed by atoms with Crippen LogP contribution in [0.15, 0.2) is 35.5 Å². The van der Waals surface area contributed by atoms with Gasteiger partial charge in [0, 0.05) is 5.41 Å². The molecule has 5 unspecified atom stereocenters. The number of aliphatic hydroxyl groups excluding tert-OH is 2. The van der Waals surface area contributed by atoms with Crippen molar-refractivity contribution < 1.29 is 15.3 Å². The maximum absolute atomic E-state index is 10.7. The second-order valence-electron chi connectivity index (χ2n) is 12.6. The van der Waals surface area contributed by atoms with Gasteiger partial charge in [-0.15, -0.1) is 0 Å². The van der Waals surface area contributed by atoms with Crippen molar-refractivity contribution >= 4 is 0 Å². The maximum atomic E-state index is 10.7. The highest BCUT2D eigenvalue weighted by Crippen LogP contribution is 2.60. The van der Waals surface area contributed by atoms with Gasteiger partial charge in [-0.1, -0.05) is 51.0 Å². The SMILES string of the molecule is C=C1/C(=C\C=C2/CCCC3(C)C2CCC3[C@H](C)CCCC(C)(C)O)CC(O)C2(CC2)C1O. The third kappa shape index (κ3) is 4.42. The molecule has 0 radical (unpaired) electrons. The van der Waals surface area contributed by atoms with E-state index in [4.69, 9.17) is 0 Å². The molecule has 0 amide bonds. The van der Waals surface area contributed by atoms with Crippen LogP contribution in [-0.2, 0) is 0 Å². The van der Waals surface area contributed by atoms with Crippen LogP contribution in [-0.4, -0.2) is 33.1 Å². The summed E-state index contributed by atoms with van der Waals surface area (Å²) in [6, 6.07) is 0. The molecular weight excluding hydrogens is 396 g/mol. The number of allylic oxidation sites excluding steroid dienone is 3. The quantitative estimate of drug-likeness (QED) is 0.466. The number of hydrogen-bond donors (Lipinski definition) is 3. The Kier molecular flexibility index (Phi) is 6.59. The van der Waals surface area contributed by atoms with E-state index in [-0.39, 0.29) is 5.41 Å². The van der Waals surface area contributed by atoms with Gasteiger partial charge in [-0.3, -0.25) is 0 Å². The molecule has 4 fully saturated rings. The number of rotatable bonds is 6. The van der Waals surface area contributed by atoms with Gasteiger partial charge in [0.25, 0.3) is 0 Å². The fourth-order valence-electron chi connectivity index (χ4n) is 7.65. The summed E-state index contributed by atoms with van der Waals surface area (Å²) in [5.41, 5.74) is 2.95. The van der Waals surface area contributed by atoms with Gasteiger partial charge in [0.05, 0.1) is 17.8 Å². The lowest BCUT2D eigenvalue weighted by atomic mass is 9.60. The minimum Gasteiger partial charge on any atom is -0.392 e. The van der Waals surface area contributed by atoms with Crippen LogP contribution in [0.25, 0.3) is 0 Å². The predicted octanol–water partition coefficient (Wildman–Crippen LogP) is 6.09. The fourth-order valence-corrected chi connectivity index (χ4v) is 7.65. The number of hydrogen-bond acceptors (Lipinski definition) is 3. The molecule has 0 aromatic carbocycles. The van der Waals surface area contributed by atoms with Gasteiger partial charge in [0.1, 0.15) is 0 Å². The molecule has 4 saturated carbocycles. The smallest absolute Gasteiger partial charge is 0.0868 e. The Balaban J connectivity index is 1.45. The minimum atomic E-state index is -0.590. The molecular formula is C29H46O3. The molecule has 4 aliphatic rings. The summed E-state index contributed by atoms with van der Waals surface area (Å²) in [5.74, 6) is 2.10. The van der Waals surface area contributed by atoms with E-state index in [1.165, 1.54) is 38.5 Å². The zero-order chi connectivity index (χ0) is 23.3. The van der Waals surface area contributed by atoms with Gasteiger partial charge >= 0.3 is 0 Å². The molecule has 4 rings (SSSR count). The first-order valence-corrected chi connectivity index (χ1v) is 13.2. The van der Waals surface area contributed by atoms with E-state index >= 15 is 0 Å². The van der Waals surface area contributed by atoms with Gasteiger partial charge < -0.3 is 15.3 Å². The topological polar surface area (TPSA) is 60.7 Å². The Hall–Kier alpha value is -0.900. The van der Waals surface area contributed by atoms with Crippen molar-refractivity contribution in [3.8, 4) is 0 Å². The molecule has 32 heavy (non-hydrogen) atoms. The highest BCUT2D eigenvalue weighted by Gasteiger charge is 2.58. The molecule has 3 nitrogen and oxygen atoms in total. The van der Waals surface area contributed by atoms with Crippen LogP contribution in [0.5, 0.6) is 0 Å². The predicted molar refractivity (Wildman–Crippen MR) is 131 cm³/mol. The van der Waals surface area contributed by atoms with Crippen molar-refractivity contribution in [1.82, 2.24) is 0 Å². The van der Waals surface area contributed by atoms with Crippen molar-refractivity contribution in [3.63, 3.8) is 0 Å². The van der Waals surface area contributed by atoms with E-state index in [0.29, 0.717) is 23.7 Å². The van der Waals surface area contributed by atoms with E-state index in [9.17, 15) is 15.3 Å². The Morgan fingerprint density at radius 2 is 1.88 bits per heavy atom. The van der Waals surface area contributed by atoms with E-state index < -0.39 is 17.8 Å². The summed E-state index contributed by atoms with van der Waals surface area (Å²) < 4.78 is 0. The Morgan fingerprint density at radius 3 is 2.53 bits per heavy atom. The second-order valence-corrected chi connectivity index (χ2v) is 12.6. The molecule has 3 heteroatoms. The molecule has 0 bridgehead atoms. The van der Waals surface area contributed by atoms with E-state index in [2.05, 4.69) is 32.6 Å². The second kappa shape index (κ2) is 8.71. The van der Waals surface area contributed by atoms with Crippen molar-refractivity contribution in [1.29, 1.82) is 0 Å². The fraction of sp³-hybridized carbons (Fsp3) is 0.793. The molecule has 6 atom stereocenters. The molecule has 3 N–H and O–H groups in total. The molecule has 0 heterocycles. The maximum Gasteiger partial charge on any atom is 0.0868 e. The summed E-state index contributed by atoms with van der Waals surface area (Å²) in [6.07, 6.45) is 15.5. The first kappa shape index (κ1) is 24.2. The van der Waals surface area contributed by atoms with Gasteiger partial charge in [-0.05, 0) is 106 Å². The minimum absolute atomic E-state index is 0.301. The lowest BCUT2D eigenvalue weighted by molar-refractivity contribution is 0.00125. The van der Waals surface area contributed by atoms with Gasteiger partial charge in [-0.25, -0.2) is 0 Å². The van der Waals surface area contributed by atoms with E-state index in [1.54, 1.807) is 5.57 Å². The average Bonchev–Trinajstić information content (AvgIpc) is 3.43. The molecule has 0 aromatic heterocycles. The van der Waals surface area contributed by atoms with Gasteiger partial charge in [0.15, 0.2) is 0 Å². The van der Waals surface area contributed by atoms with E-state index in [0.717, 1.165) is 42.7 Å². The monoisotopic (exact) mass is 442 g/mol. The molecule has 0 aliphatic heterocycles. The molecule has 1 spiro atoms. The summed E-state index contributed by atoms with van der Waals surface area (Å²) in [5, 5.41) is 31.4. The van der Waals surface area contributed by atoms with Crippen LogP contribution in [0.1, 0.15) is 98.3 Å². The number of fused-ring (bicyclic) bond motifs is 1. The van der Waals surface area contributed by atoms with Crippen LogP contribution in [0.3, 0.4) is 0 Å². The summed E-state index contributed by atoms with van der Waals surface area (Å²) in [4.78, 5) is 0. The third-order valence-electron chi connectivity index (χ3n) is 9.86. The zero-order valence-electron chi connectivity index (χ0n) is 20.9. The number of aliphatic hydroxyl groups is 3. The molecule has 180 valence electrons. The zero-order valence-corrected chi connectivity index (χ0v) is 20.9. The van der Waals surface area contributed by atoms with Crippen LogP contribution in [0, 0.1) is 28.6 Å². The standard InChI is InChI=1S/C29H46O3/c1-19(8-6-14-27(3,4)32)23-12-13-24-21(9-7-15-28(23,24)5)10-11-22-18-25(30)29(16-17-29)26(31)20(22)2/h10-11,19,23-26,30-32H,2,6-9,12-18H2,1,3-5H3/b21-10+,22-11-/t19-,23?,24?,25?,26?,28?/m1/s1. The lowest BCUT2D eigenvalue weighted by Crippen LogP contribution is -2.40. The normalized spacial score (nSPS) is 40.2. The van der Waals surface area contributed by atoms with E-state index in [1.807, 2.05) is 13.8 Å². The van der Waals surface area contributed by atoms with Gasteiger partial charge in [-0.2, -0.15) is 0 Å². The van der Waals surface area contributed by atoms with Crippen molar-refractivity contribution in [3.05, 3.63) is 35.5 Å². The van der Waals surface area contributed by atoms with Crippen LogP contribution < -0.4 is 0 Å². The highest BCUT2D eigenvalue weighted by atomic mass is 16.3. The van der Waals surface area contributed by atoms with Crippen LogP contribution in [0.4, 0.5) is 0 Å². The van der Waals surface area contributed by atoms with Crippen molar-refractivity contribution in [2.45, 2.75) is 116 Å². The first-order valence-electron chi connectivity index (χ1n) is 13.2. The Bertz CT molecular complexity index is 781. The average molecular weight is 443 g/mol. The molecule has 0 aromatic rings. The largest absolute Gasteiger partial charge is 0.392 e. The van der Waals surface area contributed by atoms with Crippen LogP contribution in [0.2, 0.25) is 0 Å². The van der Waals surface area contributed by atoms with Crippen molar-refractivity contribution in [2.24, 2.45) is 28.6 Å². The summed E-state index contributed by atoms with van der Waals surface area (Å²) in [7, 11) is 0. The summed E-state index contributed by atoms with van der Waals surface area (Å²) >= 11 is 0. The van der Waals surface area contributed by atoms with Gasteiger partial charge in [0.2, 0.25) is 0 Å². The van der Waals surface area contributed by atoms with Crippen molar-refractivity contribution in [2.75, 3.05) is 0 Å². The Labute approximate surface area is 195 Å². The molecule has 0 saturated heterocycles. The first-order chi connectivity index (χ1) is 15.0. The highest BCUT2D eigenvalue weighted by molar-refractivity contribution is 5.42. The Morgan fingerprint density at radius 1 is 1.16 bits per heavy atom. The third-order valence-corrected chi connectivity index (χ3v) is 9.86. The van der Waals surface area contributed by atoms with Crippen LogP contribution >= 0.6 is 0 Å². The lowest BCUT2D eigenvalue weighted by Gasteiger charge is -2.44.